The predicted octanol–water partition coefficient (Wildman–Crippen LogP) is 3.88. The molecule has 0 amide bonds. The van der Waals surface area contributed by atoms with Gasteiger partial charge in [-0.3, -0.25) is 0 Å². The van der Waals surface area contributed by atoms with Crippen LogP contribution in [0, 0.1) is 5.92 Å². The second-order valence-electron chi connectivity index (χ2n) is 4.58. The number of halogens is 2. The third-order valence-corrected chi connectivity index (χ3v) is 3.36. The monoisotopic (exact) mass is 289 g/mol. The van der Waals surface area contributed by atoms with Crippen molar-refractivity contribution in [3.8, 4) is 0 Å². The van der Waals surface area contributed by atoms with Crippen molar-refractivity contribution in [3.63, 3.8) is 0 Å². The van der Waals surface area contributed by atoms with Gasteiger partial charge in [-0.05, 0) is 49.1 Å². The van der Waals surface area contributed by atoms with E-state index in [0.717, 1.165) is 37.9 Å². The van der Waals surface area contributed by atoms with Gasteiger partial charge in [-0.2, -0.15) is 0 Å². The summed E-state index contributed by atoms with van der Waals surface area (Å²) in [4.78, 5) is 0. The van der Waals surface area contributed by atoms with Crippen LogP contribution in [0.1, 0.15) is 31.7 Å². The standard InChI is InChI=1S/C14H21Cl2NO/c1-2-3-11(4-5-18)9-17-10-12-6-13(15)8-14(16)7-12/h6-8,11,17-18H,2-5,9-10H2,1H3. The summed E-state index contributed by atoms with van der Waals surface area (Å²) in [6.45, 7) is 4.10. The van der Waals surface area contributed by atoms with Crippen LogP contribution in [0.25, 0.3) is 0 Å². The first kappa shape index (κ1) is 15.8. The molecule has 0 heterocycles. The molecule has 0 spiro atoms. The molecule has 0 aromatic heterocycles. The van der Waals surface area contributed by atoms with Crippen LogP contribution >= 0.6 is 23.2 Å². The zero-order valence-electron chi connectivity index (χ0n) is 10.8. The van der Waals surface area contributed by atoms with Gasteiger partial charge in [-0.1, -0.05) is 36.5 Å². The highest BCUT2D eigenvalue weighted by Crippen LogP contribution is 2.19. The number of hydrogen-bond acceptors (Lipinski definition) is 2. The molecule has 18 heavy (non-hydrogen) atoms. The third-order valence-electron chi connectivity index (χ3n) is 2.92. The Hall–Kier alpha value is -0.280. The van der Waals surface area contributed by atoms with Crippen molar-refractivity contribution in [2.24, 2.45) is 5.92 Å². The van der Waals surface area contributed by atoms with Gasteiger partial charge in [0, 0.05) is 23.2 Å². The highest BCUT2D eigenvalue weighted by atomic mass is 35.5. The fourth-order valence-corrected chi connectivity index (χ4v) is 2.64. The van der Waals surface area contributed by atoms with Gasteiger partial charge in [-0.25, -0.2) is 0 Å². The SMILES string of the molecule is CCCC(CCO)CNCc1cc(Cl)cc(Cl)c1. The molecule has 1 aromatic rings. The smallest absolute Gasteiger partial charge is 0.0434 e. The van der Waals surface area contributed by atoms with E-state index in [1.165, 1.54) is 0 Å². The summed E-state index contributed by atoms with van der Waals surface area (Å²) < 4.78 is 0. The Balaban J connectivity index is 2.39. The lowest BCUT2D eigenvalue weighted by Crippen LogP contribution is -2.23. The summed E-state index contributed by atoms with van der Waals surface area (Å²) in [5.74, 6) is 0.537. The summed E-state index contributed by atoms with van der Waals surface area (Å²) in [6.07, 6.45) is 3.15. The quantitative estimate of drug-likeness (QED) is 0.761. The molecule has 0 aliphatic heterocycles. The van der Waals surface area contributed by atoms with E-state index in [4.69, 9.17) is 28.3 Å². The molecule has 0 aliphatic rings. The molecule has 0 bridgehead atoms. The van der Waals surface area contributed by atoms with Gasteiger partial charge in [0.15, 0.2) is 0 Å². The second kappa shape index (κ2) is 8.76. The minimum absolute atomic E-state index is 0.259. The third kappa shape index (κ3) is 6.05. The molecule has 0 radical (unpaired) electrons. The molecular formula is C14H21Cl2NO. The lowest BCUT2D eigenvalue weighted by atomic mass is 10.0. The second-order valence-corrected chi connectivity index (χ2v) is 5.45. The van der Waals surface area contributed by atoms with Crippen molar-refractivity contribution < 1.29 is 5.11 Å². The molecule has 4 heteroatoms. The maximum Gasteiger partial charge on any atom is 0.0434 e. The molecule has 1 rings (SSSR count). The first-order valence-electron chi connectivity index (χ1n) is 6.42. The average Bonchev–Trinajstić information content (AvgIpc) is 2.28. The first-order chi connectivity index (χ1) is 8.65. The Kier molecular flexibility index (Phi) is 7.68. The van der Waals surface area contributed by atoms with E-state index in [1.54, 1.807) is 6.07 Å². The minimum atomic E-state index is 0.259. The maximum absolute atomic E-state index is 8.99. The molecule has 1 aromatic carbocycles. The first-order valence-corrected chi connectivity index (χ1v) is 7.17. The van der Waals surface area contributed by atoms with Crippen molar-refractivity contribution in [1.82, 2.24) is 5.32 Å². The number of rotatable bonds is 8. The molecule has 0 saturated carbocycles. The number of nitrogens with one attached hydrogen (secondary N) is 1. The number of hydrogen-bond donors (Lipinski definition) is 2. The van der Waals surface area contributed by atoms with E-state index in [9.17, 15) is 0 Å². The van der Waals surface area contributed by atoms with E-state index in [2.05, 4.69) is 12.2 Å². The van der Waals surface area contributed by atoms with Gasteiger partial charge in [0.05, 0.1) is 0 Å². The molecule has 2 N–H and O–H groups in total. The van der Waals surface area contributed by atoms with Crippen LogP contribution in [0.5, 0.6) is 0 Å². The largest absolute Gasteiger partial charge is 0.396 e. The highest BCUT2D eigenvalue weighted by molar-refractivity contribution is 6.34. The Bertz CT molecular complexity index is 331. The zero-order valence-corrected chi connectivity index (χ0v) is 12.3. The Morgan fingerprint density at radius 3 is 2.39 bits per heavy atom. The number of aliphatic hydroxyl groups is 1. The molecule has 0 fully saturated rings. The fourth-order valence-electron chi connectivity index (χ4n) is 2.07. The highest BCUT2D eigenvalue weighted by Gasteiger charge is 2.06. The Labute approximate surface area is 119 Å². The van der Waals surface area contributed by atoms with E-state index >= 15 is 0 Å². The summed E-state index contributed by atoms with van der Waals surface area (Å²) >= 11 is 11.9. The van der Waals surface area contributed by atoms with Crippen LogP contribution in [0.15, 0.2) is 18.2 Å². The average molecular weight is 290 g/mol. The van der Waals surface area contributed by atoms with Crippen LogP contribution in [0.2, 0.25) is 10.0 Å². The van der Waals surface area contributed by atoms with E-state index in [1.807, 2.05) is 12.1 Å². The van der Waals surface area contributed by atoms with Crippen molar-refractivity contribution in [2.75, 3.05) is 13.2 Å². The van der Waals surface area contributed by atoms with Gasteiger partial charge < -0.3 is 10.4 Å². The molecule has 1 atom stereocenters. The molecule has 0 saturated heterocycles. The molecule has 0 aliphatic carbocycles. The topological polar surface area (TPSA) is 32.3 Å². The van der Waals surface area contributed by atoms with Crippen molar-refractivity contribution >= 4 is 23.2 Å². The van der Waals surface area contributed by atoms with Crippen molar-refractivity contribution in [2.45, 2.75) is 32.7 Å². The summed E-state index contributed by atoms with van der Waals surface area (Å²) in [6, 6.07) is 5.57. The van der Waals surface area contributed by atoms with E-state index in [0.29, 0.717) is 16.0 Å². The summed E-state index contributed by atoms with van der Waals surface area (Å²) in [5.41, 5.74) is 1.09. The number of benzene rings is 1. The van der Waals surface area contributed by atoms with Gasteiger partial charge >= 0.3 is 0 Å². The minimum Gasteiger partial charge on any atom is -0.396 e. The maximum atomic E-state index is 8.99. The molecule has 1 unspecified atom stereocenters. The van der Waals surface area contributed by atoms with E-state index < -0.39 is 0 Å². The molecule has 2 nitrogen and oxygen atoms in total. The molecule has 102 valence electrons. The summed E-state index contributed by atoms with van der Waals surface area (Å²) in [7, 11) is 0. The van der Waals surface area contributed by atoms with Crippen molar-refractivity contribution in [3.05, 3.63) is 33.8 Å². The van der Waals surface area contributed by atoms with E-state index in [-0.39, 0.29) is 6.61 Å². The molecular weight excluding hydrogens is 269 g/mol. The van der Waals surface area contributed by atoms with Crippen LogP contribution in [-0.4, -0.2) is 18.3 Å². The van der Waals surface area contributed by atoms with Crippen LogP contribution in [-0.2, 0) is 6.54 Å². The predicted molar refractivity (Wildman–Crippen MR) is 78.3 cm³/mol. The van der Waals surface area contributed by atoms with Crippen LogP contribution < -0.4 is 5.32 Å². The zero-order chi connectivity index (χ0) is 13.4. The van der Waals surface area contributed by atoms with Crippen molar-refractivity contribution in [1.29, 1.82) is 0 Å². The number of aliphatic hydroxyl groups excluding tert-OH is 1. The Morgan fingerprint density at radius 2 is 1.83 bits per heavy atom. The van der Waals surface area contributed by atoms with Gasteiger partial charge in [0.25, 0.3) is 0 Å². The lowest BCUT2D eigenvalue weighted by Gasteiger charge is -2.15. The Morgan fingerprint density at radius 1 is 1.17 bits per heavy atom. The van der Waals surface area contributed by atoms with Gasteiger partial charge in [0.2, 0.25) is 0 Å². The summed E-state index contributed by atoms with van der Waals surface area (Å²) in [5, 5.41) is 13.7. The van der Waals surface area contributed by atoms with Crippen LogP contribution in [0.3, 0.4) is 0 Å². The van der Waals surface area contributed by atoms with Crippen LogP contribution in [0.4, 0.5) is 0 Å². The fraction of sp³-hybridized carbons (Fsp3) is 0.571. The normalized spacial score (nSPS) is 12.7. The van der Waals surface area contributed by atoms with Gasteiger partial charge in [-0.15, -0.1) is 0 Å². The lowest BCUT2D eigenvalue weighted by molar-refractivity contribution is 0.248. The van der Waals surface area contributed by atoms with Gasteiger partial charge in [0.1, 0.15) is 0 Å².